The minimum absolute atomic E-state index is 0.811. The van der Waals surface area contributed by atoms with Crippen LogP contribution in [0.1, 0.15) is 0 Å². The van der Waals surface area contributed by atoms with Crippen molar-refractivity contribution in [1.29, 1.82) is 0 Å². The lowest BCUT2D eigenvalue weighted by Gasteiger charge is -2.02. The van der Waals surface area contributed by atoms with Gasteiger partial charge in [-0.05, 0) is 48.5 Å². The molecule has 4 rings (SSSR count). The van der Waals surface area contributed by atoms with E-state index in [0.29, 0.717) is 0 Å². The number of hydrogen-bond donors (Lipinski definition) is 0. The van der Waals surface area contributed by atoms with Crippen LogP contribution in [-0.2, 0) is 13.1 Å². The Bertz CT molecular complexity index is 1020. The second kappa shape index (κ2) is 11.1. The van der Waals surface area contributed by atoms with Crippen LogP contribution in [-0.4, -0.2) is 55.7 Å². The first-order valence-corrected chi connectivity index (χ1v) is 12.6. The molecule has 0 amide bonds. The number of nitrogens with zero attached hydrogens (tertiary/aromatic N) is 6. The van der Waals surface area contributed by atoms with Crippen LogP contribution in [0, 0.1) is 0 Å². The van der Waals surface area contributed by atoms with Gasteiger partial charge in [-0.1, -0.05) is 32.0 Å². The van der Waals surface area contributed by atoms with E-state index in [1.165, 1.54) is 0 Å². The van der Waals surface area contributed by atoms with Crippen molar-refractivity contribution in [3.8, 4) is 34.0 Å². The zero-order valence-corrected chi connectivity index (χ0v) is 19.6. The minimum Gasteiger partial charge on any atom is -0.497 e. The van der Waals surface area contributed by atoms with Gasteiger partial charge in [-0.25, -0.2) is 0 Å². The lowest BCUT2D eigenvalue weighted by molar-refractivity contribution is 0.415. The summed E-state index contributed by atoms with van der Waals surface area (Å²) in [5.74, 6) is 3.56. The van der Waals surface area contributed by atoms with Crippen LogP contribution >= 0.6 is 21.6 Å². The topological polar surface area (TPSA) is 79.9 Å². The van der Waals surface area contributed by atoms with Crippen molar-refractivity contribution >= 4 is 21.6 Å². The molecule has 2 aromatic carbocycles. The standard InChI is InChI=1S/C22H24N6O2S2/c1-29-19-7-3-17(4-8-19)21-15-27(25-23-21)11-13-31-32-14-12-28-16-22(24-26-28)18-5-9-20(30-2)10-6-18/h3-10,15-16H,11-14H2,1-2H3. The molecule has 4 aromatic rings. The molecule has 0 radical (unpaired) electrons. The molecule has 2 heterocycles. The highest BCUT2D eigenvalue weighted by Gasteiger charge is 2.06. The van der Waals surface area contributed by atoms with Gasteiger partial charge in [-0.2, -0.15) is 0 Å². The van der Waals surface area contributed by atoms with E-state index in [-0.39, 0.29) is 0 Å². The maximum Gasteiger partial charge on any atom is 0.118 e. The van der Waals surface area contributed by atoms with Crippen LogP contribution in [0.2, 0.25) is 0 Å². The first-order chi connectivity index (χ1) is 15.7. The van der Waals surface area contributed by atoms with Gasteiger partial charge in [0, 0.05) is 22.6 Å². The minimum atomic E-state index is 0.811. The number of rotatable bonds is 11. The zero-order chi connectivity index (χ0) is 22.2. The van der Waals surface area contributed by atoms with Crippen molar-refractivity contribution in [1.82, 2.24) is 30.0 Å². The van der Waals surface area contributed by atoms with Gasteiger partial charge in [0.1, 0.15) is 22.9 Å². The van der Waals surface area contributed by atoms with E-state index in [0.717, 1.165) is 58.6 Å². The van der Waals surface area contributed by atoms with Crippen molar-refractivity contribution in [3.05, 3.63) is 60.9 Å². The van der Waals surface area contributed by atoms with Crippen LogP contribution in [0.5, 0.6) is 11.5 Å². The fourth-order valence-corrected chi connectivity index (χ4v) is 4.90. The molecular weight excluding hydrogens is 444 g/mol. The molecular formula is C22H24N6O2S2. The van der Waals surface area contributed by atoms with Crippen LogP contribution in [0.4, 0.5) is 0 Å². The van der Waals surface area contributed by atoms with Crippen LogP contribution in [0.3, 0.4) is 0 Å². The Balaban J connectivity index is 1.16. The Hall–Kier alpha value is -2.98. The summed E-state index contributed by atoms with van der Waals surface area (Å²) in [6, 6.07) is 15.7. The van der Waals surface area contributed by atoms with E-state index in [2.05, 4.69) is 20.6 Å². The van der Waals surface area contributed by atoms with Gasteiger partial charge in [-0.15, -0.1) is 10.2 Å². The fourth-order valence-electron chi connectivity index (χ4n) is 2.98. The summed E-state index contributed by atoms with van der Waals surface area (Å²) in [5.41, 5.74) is 3.79. The van der Waals surface area contributed by atoms with Crippen molar-refractivity contribution < 1.29 is 9.47 Å². The van der Waals surface area contributed by atoms with Crippen molar-refractivity contribution in [3.63, 3.8) is 0 Å². The molecule has 2 aromatic heterocycles. The van der Waals surface area contributed by atoms with E-state index < -0.39 is 0 Å². The Kier molecular flexibility index (Phi) is 7.68. The predicted octanol–water partition coefficient (Wildman–Crippen LogP) is 4.30. The highest BCUT2D eigenvalue weighted by molar-refractivity contribution is 8.76. The fraction of sp³-hybridized carbons (Fsp3) is 0.273. The Morgan fingerprint density at radius 3 is 1.44 bits per heavy atom. The smallest absolute Gasteiger partial charge is 0.118 e. The summed E-state index contributed by atoms with van der Waals surface area (Å²) in [7, 11) is 6.96. The Morgan fingerprint density at radius 1 is 0.656 bits per heavy atom. The summed E-state index contributed by atoms with van der Waals surface area (Å²) < 4.78 is 14.1. The molecule has 10 heteroatoms. The zero-order valence-electron chi connectivity index (χ0n) is 17.9. The molecule has 0 aliphatic carbocycles. The van der Waals surface area contributed by atoms with E-state index in [1.807, 2.05) is 91.9 Å². The van der Waals surface area contributed by atoms with Gasteiger partial charge in [-0.3, -0.25) is 9.36 Å². The summed E-state index contributed by atoms with van der Waals surface area (Å²) in [6.07, 6.45) is 3.95. The van der Waals surface area contributed by atoms with Gasteiger partial charge in [0.25, 0.3) is 0 Å². The molecule has 0 saturated heterocycles. The third kappa shape index (κ3) is 5.83. The molecule has 8 nitrogen and oxygen atoms in total. The summed E-state index contributed by atoms with van der Waals surface area (Å²) in [5, 5.41) is 17.0. The number of benzene rings is 2. The molecule has 0 aliphatic rings. The van der Waals surface area contributed by atoms with E-state index >= 15 is 0 Å². The van der Waals surface area contributed by atoms with Gasteiger partial charge in [0.05, 0.1) is 39.7 Å². The summed E-state index contributed by atoms with van der Waals surface area (Å²) in [6.45, 7) is 1.62. The van der Waals surface area contributed by atoms with E-state index in [9.17, 15) is 0 Å². The van der Waals surface area contributed by atoms with E-state index in [4.69, 9.17) is 9.47 Å². The van der Waals surface area contributed by atoms with Crippen molar-refractivity contribution in [2.75, 3.05) is 25.7 Å². The molecule has 0 aliphatic heterocycles. The highest BCUT2D eigenvalue weighted by atomic mass is 33.1. The third-order valence-corrected chi connectivity index (χ3v) is 7.10. The third-order valence-electron chi connectivity index (χ3n) is 4.74. The number of aryl methyl sites for hydroxylation is 2. The van der Waals surface area contributed by atoms with E-state index in [1.54, 1.807) is 14.2 Å². The monoisotopic (exact) mass is 468 g/mol. The van der Waals surface area contributed by atoms with Crippen molar-refractivity contribution in [2.24, 2.45) is 0 Å². The average molecular weight is 469 g/mol. The van der Waals surface area contributed by atoms with Crippen LogP contribution in [0.15, 0.2) is 60.9 Å². The molecule has 0 N–H and O–H groups in total. The van der Waals surface area contributed by atoms with Crippen molar-refractivity contribution in [2.45, 2.75) is 13.1 Å². The average Bonchev–Trinajstić information content (AvgIpc) is 3.51. The van der Waals surface area contributed by atoms with Gasteiger partial charge < -0.3 is 9.47 Å². The predicted molar refractivity (Wildman–Crippen MR) is 129 cm³/mol. The quantitative estimate of drug-likeness (QED) is 0.238. The van der Waals surface area contributed by atoms with Gasteiger partial charge >= 0.3 is 0 Å². The molecule has 0 saturated carbocycles. The number of aromatic nitrogens is 6. The summed E-state index contributed by atoms with van der Waals surface area (Å²) >= 11 is 0. The lowest BCUT2D eigenvalue weighted by atomic mass is 10.2. The molecule has 32 heavy (non-hydrogen) atoms. The molecule has 0 atom stereocenters. The molecule has 0 bridgehead atoms. The summed E-state index contributed by atoms with van der Waals surface area (Å²) in [4.78, 5) is 0. The molecule has 166 valence electrons. The van der Waals surface area contributed by atoms with Crippen LogP contribution in [0.25, 0.3) is 22.5 Å². The highest BCUT2D eigenvalue weighted by Crippen LogP contribution is 2.24. The number of hydrogen-bond acceptors (Lipinski definition) is 8. The molecule has 0 fully saturated rings. The number of ether oxygens (including phenoxy) is 2. The first kappa shape index (κ1) is 22.2. The SMILES string of the molecule is COc1ccc(-c2cn(CCSSCCn3cc(-c4ccc(OC)cc4)nn3)nn2)cc1. The normalized spacial score (nSPS) is 10.9. The lowest BCUT2D eigenvalue weighted by Crippen LogP contribution is -2.02. The van der Waals surface area contributed by atoms with Gasteiger partial charge in [0.15, 0.2) is 0 Å². The first-order valence-electron chi connectivity index (χ1n) is 10.1. The Labute approximate surface area is 194 Å². The van der Waals surface area contributed by atoms with Gasteiger partial charge in [0.2, 0.25) is 0 Å². The second-order valence-corrected chi connectivity index (χ2v) is 9.54. The molecule has 0 spiro atoms. The Morgan fingerprint density at radius 2 is 1.06 bits per heavy atom. The number of methoxy groups -OCH3 is 2. The van der Waals surface area contributed by atoms with Crippen LogP contribution < -0.4 is 9.47 Å². The molecule has 0 unspecified atom stereocenters. The maximum atomic E-state index is 5.19. The largest absolute Gasteiger partial charge is 0.497 e. The maximum absolute atomic E-state index is 5.19. The second-order valence-electron chi connectivity index (χ2n) is 6.83.